The first-order valence-corrected chi connectivity index (χ1v) is 6.61. The molecule has 3 rings (SSSR count). The van der Waals surface area contributed by atoms with Gasteiger partial charge in [0.25, 0.3) is 0 Å². The smallest absolute Gasteiger partial charge is 0.137 e. The van der Waals surface area contributed by atoms with Gasteiger partial charge >= 0.3 is 0 Å². The second-order valence-corrected chi connectivity index (χ2v) is 4.93. The molecule has 0 saturated heterocycles. The van der Waals surface area contributed by atoms with Gasteiger partial charge in [0, 0.05) is 11.9 Å². The largest absolute Gasteiger partial charge is 0.508 e. The summed E-state index contributed by atoms with van der Waals surface area (Å²) in [5.74, 6) is 0.321. The van der Waals surface area contributed by atoms with Crippen LogP contribution in [-0.2, 0) is 6.54 Å². The lowest BCUT2D eigenvalue weighted by molar-refractivity contribution is 0.471. The Morgan fingerprint density at radius 1 is 1.20 bits per heavy atom. The number of nitrogens with one attached hydrogen (secondary N) is 1. The van der Waals surface area contributed by atoms with Crippen LogP contribution in [0, 0.1) is 13.8 Å². The third-order valence-corrected chi connectivity index (χ3v) is 3.49. The number of imidazole rings is 1. The highest BCUT2D eigenvalue weighted by atomic mass is 16.3. The van der Waals surface area contributed by atoms with E-state index >= 15 is 0 Å². The van der Waals surface area contributed by atoms with Crippen LogP contribution in [0.15, 0.2) is 42.6 Å². The Morgan fingerprint density at radius 3 is 2.85 bits per heavy atom. The minimum Gasteiger partial charge on any atom is -0.508 e. The molecule has 2 N–H and O–H groups in total. The molecule has 0 amide bonds. The molecule has 4 nitrogen and oxygen atoms in total. The molecule has 0 spiro atoms. The van der Waals surface area contributed by atoms with Crippen LogP contribution in [0.2, 0.25) is 0 Å². The standard InChI is InChI=1S/C16H17N3O/c1-11-9-13(6-7-15(11)20)17-10-14-12(2)18-16-5-3-4-8-19(14)16/h3-9,17,20H,10H2,1-2H3. The van der Waals surface area contributed by atoms with Gasteiger partial charge in [0.15, 0.2) is 0 Å². The highest BCUT2D eigenvalue weighted by molar-refractivity contribution is 5.51. The van der Waals surface area contributed by atoms with Crippen LogP contribution < -0.4 is 5.32 Å². The molecule has 0 unspecified atom stereocenters. The summed E-state index contributed by atoms with van der Waals surface area (Å²) in [6.07, 6.45) is 2.02. The highest BCUT2D eigenvalue weighted by Gasteiger charge is 2.07. The molecule has 0 saturated carbocycles. The van der Waals surface area contributed by atoms with E-state index in [1.54, 1.807) is 6.07 Å². The lowest BCUT2D eigenvalue weighted by Gasteiger charge is -2.09. The zero-order chi connectivity index (χ0) is 14.1. The molecule has 20 heavy (non-hydrogen) atoms. The molecule has 3 aromatic rings. The maximum Gasteiger partial charge on any atom is 0.137 e. The molecule has 0 fully saturated rings. The van der Waals surface area contributed by atoms with Crippen molar-refractivity contribution >= 4 is 11.3 Å². The molecular formula is C16H17N3O. The third kappa shape index (κ3) is 2.20. The number of nitrogens with zero attached hydrogens (tertiary/aromatic N) is 2. The van der Waals surface area contributed by atoms with Crippen LogP contribution in [0.1, 0.15) is 17.0 Å². The number of hydrogen-bond donors (Lipinski definition) is 2. The predicted molar refractivity (Wildman–Crippen MR) is 80.1 cm³/mol. The molecule has 1 aromatic carbocycles. The Morgan fingerprint density at radius 2 is 2.05 bits per heavy atom. The monoisotopic (exact) mass is 267 g/mol. The van der Waals surface area contributed by atoms with Gasteiger partial charge in [-0.15, -0.1) is 0 Å². The number of fused-ring (bicyclic) bond motifs is 1. The van der Waals surface area contributed by atoms with E-state index in [-0.39, 0.29) is 0 Å². The summed E-state index contributed by atoms with van der Waals surface area (Å²) >= 11 is 0. The van der Waals surface area contributed by atoms with Crippen molar-refractivity contribution in [1.82, 2.24) is 9.38 Å². The Hall–Kier alpha value is -2.49. The summed E-state index contributed by atoms with van der Waals surface area (Å²) in [5, 5.41) is 12.9. The average Bonchev–Trinajstić information content (AvgIpc) is 2.76. The fourth-order valence-corrected chi connectivity index (χ4v) is 2.33. The normalized spacial score (nSPS) is 10.9. The summed E-state index contributed by atoms with van der Waals surface area (Å²) in [7, 11) is 0. The molecule has 0 aliphatic heterocycles. The number of aromatic hydroxyl groups is 1. The van der Waals surface area contributed by atoms with Gasteiger partial charge < -0.3 is 14.8 Å². The van der Waals surface area contributed by atoms with Crippen molar-refractivity contribution in [2.45, 2.75) is 20.4 Å². The highest BCUT2D eigenvalue weighted by Crippen LogP contribution is 2.21. The first-order chi connectivity index (χ1) is 9.65. The van der Waals surface area contributed by atoms with E-state index < -0.39 is 0 Å². The number of pyridine rings is 1. The lowest BCUT2D eigenvalue weighted by Crippen LogP contribution is -2.04. The zero-order valence-corrected chi connectivity index (χ0v) is 11.6. The molecule has 0 aliphatic carbocycles. The lowest BCUT2D eigenvalue weighted by atomic mass is 10.2. The van der Waals surface area contributed by atoms with Crippen molar-refractivity contribution in [1.29, 1.82) is 0 Å². The summed E-state index contributed by atoms with van der Waals surface area (Å²) in [6, 6.07) is 11.5. The second-order valence-electron chi connectivity index (χ2n) is 4.93. The predicted octanol–water partition coefficient (Wildman–Crippen LogP) is 3.27. The van der Waals surface area contributed by atoms with Crippen LogP contribution in [0.4, 0.5) is 5.69 Å². The minimum atomic E-state index is 0.321. The summed E-state index contributed by atoms with van der Waals surface area (Å²) < 4.78 is 2.09. The van der Waals surface area contributed by atoms with Crippen molar-refractivity contribution in [3.05, 3.63) is 59.5 Å². The molecule has 4 heteroatoms. The number of anilines is 1. The number of benzene rings is 1. The molecule has 0 bridgehead atoms. The summed E-state index contributed by atoms with van der Waals surface area (Å²) in [5.41, 5.74) is 4.99. The van der Waals surface area contributed by atoms with Gasteiger partial charge in [-0.2, -0.15) is 0 Å². The molecule has 2 aromatic heterocycles. The van der Waals surface area contributed by atoms with E-state index in [1.807, 2.05) is 50.4 Å². The second kappa shape index (κ2) is 4.89. The van der Waals surface area contributed by atoms with E-state index in [0.717, 1.165) is 28.3 Å². The van der Waals surface area contributed by atoms with Gasteiger partial charge in [0.1, 0.15) is 11.4 Å². The van der Waals surface area contributed by atoms with Gasteiger partial charge in [0.2, 0.25) is 0 Å². The fraction of sp³-hybridized carbons (Fsp3) is 0.188. The van der Waals surface area contributed by atoms with Crippen molar-refractivity contribution in [2.24, 2.45) is 0 Å². The van der Waals surface area contributed by atoms with Crippen molar-refractivity contribution < 1.29 is 5.11 Å². The van der Waals surface area contributed by atoms with E-state index in [0.29, 0.717) is 12.3 Å². The Labute approximate surface area is 117 Å². The summed E-state index contributed by atoms with van der Waals surface area (Å²) in [6.45, 7) is 4.60. The van der Waals surface area contributed by atoms with Gasteiger partial charge in [-0.3, -0.25) is 0 Å². The third-order valence-electron chi connectivity index (χ3n) is 3.49. The van der Waals surface area contributed by atoms with Crippen LogP contribution in [-0.4, -0.2) is 14.5 Å². The van der Waals surface area contributed by atoms with Crippen LogP contribution in [0.5, 0.6) is 5.75 Å². The molecule has 0 atom stereocenters. The first-order valence-electron chi connectivity index (χ1n) is 6.61. The average molecular weight is 267 g/mol. The van der Waals surface area contributed by atoms with Gasteiger partial charge in [0.05, 0.1) is 17.9 Å². The Kier molecular flexibility index (Phi) is 3.06. The molecule has 102 valence electrons. The van der Waals surface area contributed by atoms with Crippen LogP contribution in [0.25, 0.3) is 5.65 Å². The van der Waals surface area contributed by atoms with E-state index in [1.165, 1.54) is 0 Å². The Balaban J connectivity index is 1.86. The molecule has 0 aliphatic rings. The molecular weight excluding hydrogens is 250 g/mol. The SMILES string of the molecule is Cc1cc(NCc2c(C)nc3ccccn23)ccc1O. The van der Waals surface area contributed by atoms with Crippen molar-refractivity contribution in [3.8, 4) is 5.75 Å². The molecule has 0 radical (unpaired) electrons. The van der Waals surface area contributed by atoms with Gasteiger partial charge in [-0.05, 0) is 49.7 Å². The number of hydrogen-bond acceptors (Lipinski definition) is 3. The maximum atomic E-state index is 9.54. The first kappa shape index (κ1) is 12.5. The minimum absolute atomic E-state index is 0.321. The van der Waals surface area contributed by atoms with Crippen molar-refractivity contribution in [2.75, 3.05) is 5.32 Å². The summed E-state index contributed by atoms with van der Waals surface area (Å²) in [4.78, 5) is 4.54. The number of aryl methyl sites for hydroxylation is 2. The number of rotatable bonds is 3. The van der Waals surface area contributed by atoms with E-state index in [4.69, 9.17) is 0 Å². The topological polar surface area (TPSA) is 49.6 Å². The van der Waals surface area contributed by atoms with Crippen LogP contribution >= 0.6 is 0 Å². The van der Waals surface area contributed by atoms with Crippen molar-refractivity contribution in [3.63, 3.8) is 0 Å². The van der Waals surface area contributed by atoms with Gasteiger partial charge in [-0.1, -0.05) is 6.07 Å². The number of phenols is 1. The number of phenolic OH excluding ortho intramolecular Hbond substituents is 1. The van der Waals surface area contributed by atoms with E-state index in [9.17, 15) is 5.11 Å². The maximum absolute atomic E-state index is 9.54. The van der Waals surface area contributed by atoms with E-state index in [2.05, 4.69) is 14.7 Å². The van der Waals surface area contributed by atoms with Gasteiger partial charge in [-0.25, -0.2) is 4.98 Å². The number of aromatic nitrogens is 2. The Bertz CT molecular complexity index is 762. The fourth-order valence-electron chi connectivity index (χ4n) is 2.33. The molecule has 2 heterocycles. The van der Waals surface area contributed by atoms with Crippen LogP contribution in [0.3, 0.4) is 0 Å². The zero-order valence-electron chi connectivity index (χ0n) is 11.6. The quantitative estimate of drug-likeness (QED) is 0.716.